The van der Waals surface area contributed by atoms with Crippen LogP contribution in [0.25, 0.3) is 11.7 Å². The van der Waals surface area contributed by atoms with Crippen molar-refractivity contribution in [2.45, 2.75) is 25.8 Å². The number of amides is 1. The lowest BCUT2D eigenvalue weighted by molar-refractivity contribution is -0.116. The first-order valence-electron chi connectivity index (χ1n) is 9.33. The number of anilines is 1. The van der Waals surface area contributed by atoms with E-state index in [0.717, 1.165) is 36.3 Å². The van der Waals surface area contributed by atoms with E-state index in [2.05, 4.69) is 20.3 Å². The molecule has 8 heteroatoms. The second-order valence-electron chi connectivity index (χ2n) is 6.67. The molecule has 1 fully saturated rings. The zero-order valence-corrected chi connectivity index (χ0v) is 15.5. The van der Waals surface area contributed by atoms with Crippen molar-refractivity contribution in [3.63, 3.8) is 0 Å². The summed E-state index contributed by atoms with van der Waals surface area (Å²) >= 11 is 0. The number of aromatic nitrogens is 4. The number of hydrogen-bond donors (Lipinski definition) is 1. The molecule has 0 aliphatic carbocycles. The Morgan fingerprint density at radius 3 is 3.11 bits per heavy atom. The first-order chi connectivity index (χ1) is 13.7. The maximum absolute atomic E-state index is 13.6. The third-order valence-corrected chi connectivity index (χ3v) is 4.80. The molecule has 1 saturated heterocycles. The number of halogens is 1. The average Bonchev–Trinajstić information content (AvgIpc) is 3.33. The van der Waals surface area contributed by atoms with E-state index >= 15 is 0 Å². The van der Waals surface area contributed by atoms with Crippen molar-refractivity contribution >= 4 is 23.4 Å². The van der Waals surface area contributed by atoms with Gasteiger partial charge in [0.2, 0.25) is 5.91 Å². The minimum atomic E-state index is -0.332. The number of pyridine rings is 1. The van der Waals surface area contributed by atoms with Crippen molar-refractivity contribution in [2.24, 2.45) is 0 Å². The number of likely N-dealkylation sites (N-methyl/N-ethyl adjacent to an activating group) is 1. The maximum atomic E-state index is 13.6. The van der Waals surface area contributed by atoms with Gasteiger partial charge in [-0.15, -0.1) is 0 Å². The Balaban J connectivity index is 1.65. The van der Waals surface area contributed by atoms with Crippen LogP contribution in [0, 0.1) is 5.82 Å². The molecule has 0 aromatic carbocycles. The monoisotopic (exact) mass is 380 g/mol. The first kappa shape index (κ1) is 18.1. The highest BCUT2D eigenvalue weighted by molar-refractivity contribution is 5.92. The third-order valence-electron chi connectivity index (χ3n) is 4.80. The predicted octanol–water partition coefficient (Wildman–Crippen LogP) is 2.75. The lowest BCUT2D eigenvalue weighted by Crippen LogP contribution is -2.24. The summed E-state index contributed by atoms with van der Waals surface area (Å²) in [6.07, 6.45) is 11.6. The summed E-state index contributed by atoms with van der Waals surface area (Å²) in [7, 11) is 0. The van der Waals surface area contributed by atoms with Crippen molar-refractivity contribution in [3.05, 3.63) is 59.9 Å². The van der Waals surface area contributed by atoms with Gasteiger partial charge in [0.25, 0.3) is 0 Å². The molecule has 1 aliphatic rings. The Bertz CT molecular complexity index is 1030. The van der Waals surface area contributed by atoms with E-state index in [1.807, 2.05) is 19.2 Å². The predicted molar refractivity (Wildman–Crippen MR) is 104 cm³/mol. The Morgan fingerprint density at radius 1 is 1.39 bits per heavy atom. The Hall–Kier alpha value is -3.29. The standard InChI is InChI=1S/C20H21FN6O/c1-2-23-19(28)6-5-14-12-24-27-9-7-18(25-20(14)27)26-8-3-4-17(26)15-10-16(21)13-22-11-15/h5-7,9-13,17H,2-4,8H2,1H3,(H,23,28)/b6-5+. The smallest absolute Gasteiger partial charge is 0.243 e. The fourth-order valence-electron chi connectivity index (χ4n) is 3.55. The molecule has 1 unspecified atom stereocenters. The molecule has 144 valence electrons. The number of carbonyl (C=O) groups is 1. The van der Waals surface area contributed by atoms with Gasteiger partial charge in [-0.3, -0.25) is 9.78 Å². The average molecular weight is 380 g/mol. The molecule has 0 spiro atoms. The van der Waals surface area contributed by atoms with Gasteiger partial charge >= 0.3 is 0 Å². The van der Waals surface area contributed by atoms with E-state index < -0.39 is 0 Å². The minimum absolute atomic E-state index is 0.0374. The van der Waals surface area contributed by atoms with Crippen LogP contribution in [0.1, 0.15) is 36.9 Å². The second kappa shape index (κ2) is 7.75. The van der Waals surface area contributed by atoms with Gasteiger partial charge in [-0.1, -0.05) is 0 Å². The van der Waals surface area contributed by atoms with Gasteiger partial charge in [-0.05, 0) is 43.5 Å². The number of nitrogens with one attached hydrogen (secondary N) is 1. The number of fused-ring (bicyclic) bond motifs is 1. The van der Waals surface area contributed by atoms with Crippen LogP contribution in [0.3, 0.4) is 0 Å². The molecule has 0 saturated carbocycles. The van der Waals surface area contributed by atoms with Crippen molar-refractivity contribution in [3.8, 4) is 0 Å². The highest BCUT2D eigenvalue weighted by Crippen LogP contribution is 2.35. The Kier molecular flexibility index (Phi) is 5.01. The highest BCUT2D eigenvalue weighted by atomic mass is 19.1. The molecule has 1 amide bonds. The molecular weight excluding hydrogens is 359 g/mol. The topological polar surface area (TPSA) is 75.4 Å². The van der Waals surface area contributed by atoms with Crippen molar-refractivity contribution in [2.75, 3.05) is 18.0 Å². The molecule has 0 radical (unpaired) electrons. The van der Waals surface area contributed by atoms with Crippen LogP contribution in [0.4, 0.5) is 10.2 Å². The Labute approximate surface area is 161 Å². The van der Waals surface area contributed by atoms with E-state index in [9.17, 15) is 9.18 Å². The number of hydrogen-bond acceptors (Lipinski definition) is 5. The normalized spacial score (nSPS) is 16.9. The molecular formula is C20H21FN6O. The summed E-state index contributed by atoms with van der Waals surface area (Å²) in [6, 6.07) is 3.48. The van der Waals surface area contributed by atoms with E-state index in [1.54, 1.807) is 23.0 Å². The van der Waals surface area contributed by atoms with Gasteiger partial charge in [0, 0.05) is 37.1 Å². The molecule has 7 nitrogen and oxygen atoms in total. The van der Waals surface area contributed by atoms with E-state index in [4.69, 9.17) is 4.98 Å². The van der Waals surface area contributed by atoms with Crippen LogP contribution in [0.5, 0.6) is 0 Å². The van der Waals surface area contributed by atoms with E-state index in [-0.39, 0.29) is 17.8 Å². The second-order valence-corrected chi connectivity index (χ2v) is 6.67. The fourth-order valence-corrected chi connectivity index (χ4v) is 3.55. The molecule has 1 atom stereocenters. The summed E-state index contributed by atoms with van der Waals surface area (Å²) in [6.45, 7) is 3.28. The van der Waals surface area contributed by atoms with Gasteiger partial charge in [0.15, 0.2) is 5.65 Å². The Morgan fingerprint density at radius 2 is 2.29 bits per heavy atom. The van der Waals surface area contributed by atoms with Crippen LogP contribution in [0.2, 0.25) is 0 Å². The summed E-state index contributed by atoms with van der Waals surface area (Å²) in [5, 5.41) is 7.01. The summed E-state index contributed by atoms with van der Waals surface area (Å²) in [5.74, 6) is 0.310. The van der Waals surface area contributed by atoms with Crippen molar-refractivity contribution in [1.29, 1.82) is 0 Å². The zero-order chi connectivity index (χ0) is 19.5. The number of carbonyl (C=O) groups excluding carboxylic acids is 1. The zero-order valence-electron chi connectivity index (χ0n) is 15.5. The third kappa shape index (κ3) is 3.58. The van der Waals surface area contributed by atoms with Gasteiger partial charge in [-0.25, -0.2) is 13.9 Å². The lowest BCUT2D eigenvalue weighted by atomic mass is 10.1. The van der Waals surface area contributed by atoms with Crippen LogP contribution >= 0.6 is 0 Å². The quantitative estimate of drug-likeness (QED) is 0.689. The van der Waals surface area contributed by atoms with E-state index in [1.165, 1.54) is 18.3 Å². The largest absolute Gasteiger partial charge is 0.353 e. The molecule has 4 rings (SSSR count). The summed E-state index contributed by atoms with van der Waals surface area (Å²) in [5.41, 5.74) is 2.28. The van der Waals surface area contributed by atoms with Crippen LogP contribution < -0.4 is 10.2 Å². The van der Waals surface area contributed by atoms with Crippen LogP contribution in [-0.4, -0.2) is 38.6 Å². The van der Waals surface area contributed by atoms with Gasteiger partial charge in [0.05, 0.1) is 18.4 Å². The summed E-state index contributed by atoms with van der Waals surface area (Å²) < 4.78 is 15.3. The number of nitrogens with zero attached hydrogens (tertiary/aromatic N) is 5. The van der Waals surface area contributed by atoms with Gasteiger partial charge in [0.1, 0.15) is 11.6 Å². The highest BCUT2D eigenvalue weighted by Gasteiger charge is 2.28. The molecule has 1 aliphatic heterocycles. The van der Waals surface area contributed by atoms with Crippen LogP contribution in [0.15, 0.2) is 43.0 Å². The molecule has 3 aromatic heterocycles. The first-order valence-corrected chi connectivity index (χ1v) is 9.33. The molecule has 0 bridgehead atoms. The lowest BCUT2D eigenvalue weighted by Gasteiger charge is -2.26. The molecule has 4 heterocycles. The van der Waals surface area contributed by atoms with Crippen LogP contribution in [-0.2, 0) is 4.79 Å². The van der Waals surface area contributed by atoms with E-state index in [0.29, 0.717) is 12.2 Å². The van der Waals surface area contributed by atoms with Crippen molar-refractivity contribution in [1.82, 2.24) is 24.9 Å². The minimum Gasteiger partial charge on any atom is -0.353 e. The molecule has 3 aromatic rings. The molecule has 1 N–H and O–H groups in total. The molecule has 28 heavy (non-hydrogen) atoms. The fraction of sp³-hybridized carbons (Fsp3) is 0.300. The van der Waals surface area contributed by atoms with Gasteiger partial charge < -0.3 is 10.2 Å². The maximum Gasteiger partial charge on any atom is 0.243 e. The summed E-state index contributed by atoms with van der Waals surface area (Å²) in [4.78, 5) is 22.6. The number of rotatable bonds is 5. The SMILES string of the molecule is CCNC(=O)/C=C/c1cnn2ccc(N3CCCC3c3cncc(F)c3)nc12. The van der Waals surface area contributed by atoms with Gasteiger partial charge in [-0.2, -0.15) is 5.10 Å². The van der Waals surface area contributed by atoms with Crippen molar-refractivity contribution < 1.29 is 9.18 Å².